The molecule has 3 aromatic heterocycles. The monoisotopic (exact) mass is 445 g/mol. The Hall–Kier alpha value is -2.46. The molecule has 0 bridgehead atoms. The maximum absolute atomic E-state index is 13.1. The van der Waals surface area contributed by atoms with Gasteiger partial charge in [-0.25, -0.2) is 14.8 Å². The molecule has 3 heterocycles. The molecule has 4 rings (SSSR count). The van der Waals surface area contributed by atoms with Crippen LogP contribution in [-0.2, 0) is 26.9 Å². The van der Waals surface area contributed by atoms with Gasteiger partial charge in [-0.1, -0.05) is 18.7 Å². The first-order chi connectivity index (χ1) is 14.2. The van der Waals surface area contributed by atoms with Crippen molar-refractivity contribution in [1.29, 1.82) is 0 Å². The Balaban J connectivity index is 1.73. The Morgan fingerprint density at radius 1 is 1.30 bits per heavy atom. The fourth-order valence-electron chi connectivity index (χ4n) is 3.85. The number of nitrogen functional groups attached to an aromatic ring is 1. The normalized spacial score (nSPS) is 17.1. The molecule has 30 heavy (non-hydrogen) atoms. The van der Waals surface area contributed by atoms with Crippen molar-refractivity contribution in [2.75, 3.05) is 5.73 Å². The van der Waals surface area contributed by atoms with E-state index in [9.17, 15) is 14.4 Å². The van der Waals surface area contributed by atoms with E-state index in [1.807, 2.05) is 0 Å². The van der Waals surface area contributed by atoms with Crippen molar-refractivity contribution in [3.05, 3.63) is 43.2 Å². The molecule has 0 fully saturated rings. The van der Waals surface area contributed by atoms with E-state index in [4.69, 9.17) is 5.73 Å². The summed E-state index contributed by atoms with van der Waals surface area (Å²) in [7, 11) is 2.78. The van der Waals surface area contributed by atoms with Gasteiger partial charge < -0.3 is 5.73 Å². The molecular formula is C20H23N5O3S2. The van der Waals surface area contributed by atoms with Crippen LogP contribution in [0.15, 0.2) is 20.9 Å². The minimum atomic E-state index is -0.678. The fraction of sp³-hybridized carbons (Fsp3) is 0.450. The molecule has 0 saturated heterocycles. The Labute approximate surface area is 181 Å². The third kappa shape index (κ3) is 3.27. The summed E-state index contributed by atoms with van der Waals surface area (Å²) in [6.45, 7) is 3.99. The summed E-state index contributed by atoms with van der Waals surface area (Å²) in [5.41, 5.74) is 5.84. The minimum absolute atomic E-state index is 0.115. The Kier molecular flexibility index (Phi) is 5.31. The van der Waals surface area contributed by atoms with Crippen molar-refractivity contribution in [2.45, 2.75) is 43.4 Å². The number of ketones is 1. The molecule has 0 saturated carbocycles. The number of nitrogens with two attached hydrogens (primary N) is 1. The number of nitrogens with zero attached hydrogens (tertiary/aromatic N) is 4. The number of carbonyl (C=O) groups is 1. The van der Waals surface area contributed by atoms with Crippen LogP contribution in [0.4, 0.5) is 5.82 Å². The number of carbonyl (C=O) groups excluding carboxylic acids is 1. The lowest BCUT2D eigenvalue weighted by Crippen LogP contribution is -2.42. The highest BCUT2D eigenvalue weighted by Gasteiger charge is 2.28. The van der Waals surface area contributed by atoms with Gasteiger partial charge in [-0.15, -0.1) is 11.3 Å². The second-order valence-electron chi connectivity index (χ2n) is 7.80. The van der Waals surface area contributed by atoms with Gasteiger partial charge in [0.1, 0.15) is 27.6 Å². The van der Waals surface area contributed by atoms with Gasteiger partial charge in [0.2, 0.25) is 0 Å². The molecule has 1 aliphatic carbocycles. The number of thioether (sulfide) groups is 1. The quantitative estimate of drug-likeness (QED) is 0.372. The van der Waals surface area contributed by atoms with Crippen LogP contribution in [0.5, 0.6) is 0 Å². The molecule has 1 aliphatic rings. The van der Waals surface area contributed by atoms with Crippen LogP contribution in [0.2, 0.25) is 0 Å². The lowest BCUT2D eigenvalue weighted by atomic mass is 9.89. The zero-order chi connectivity index (χ0) is 21.7. The molecule has 3 aromatic rings. The minimum Gasteiger partial charge on any atom is -0.384 e. The van der Waals surface area contributed by atoms with Gasteiger partial charge in [0, 0.05) is 24.4 Å². The standard InChI is InChI=1S/C20H23N5O3S2/c1-9-5-6-11-12(7-9)30-18-13(11)17(22-8-23-18)29-10(2)15(26)14-16(21)24(3)20(28)25(4)19(14)27/h8-10H,5-7,21H2,1-4H3/t9-,10-/m1/s1. The molecule has 0 spiro atoms. The second-order valence-corrected chi connectivity index (χ2v) is 10.2. The number of aromatic nitrogens is 4. The number of aryl methyl sites for hydroxylation is 1. The van der Waals surface area contributed by atoms with Crippen LogP contribution >= 0.6 is 23.1 Å². The number of hydrogen-bond donors (Lipinski definition) is 1. The molecule has 0 amide bonds. The summed E-state index contributed by atoms with van der Waals surface area (Å²) < 4.78 is 2.02. The van der Waals surface area contributed by atoms with Gasteiger partial charge >= 0.3 is 5.69 Å². The summed E-state index contributed by atoms with van der Waals surface area (Å²) >= 11 is 3.00. The summed E-state index contributed by atoms with van der Waals surface area (Å²) in [5.74, 6) is 0.118. The van der Waals surface area contributed by atoms with Gasteiger partial charge in [0.15, 0.2) is 5.78 Å². The lowest BCUT2D eigenvalue weighted by molar-refractivity contribution is 0.0992. The second kappa shape index (κ2) is 7.66. The van der Waals surface area contributed by atoms with E-state index in [0.29, 0.717) is 5.92 Å². The average Bonchev–Trinajstić information content (AvgIpc) is 3.09. The number of rotatable bonds is 4. The van der Waals surface area contributed by atoms with Crippen LogP contribution in [0.25, 0.3) is 10.2 Å². The van der Waals surface area contributed by atoms with E-state index in [1.54, 1.807) is 18.3 Å². The van der Waals surface area contributed by atoms with Crippen LogP contribution in [0, 0.1) is 5.92 Å². The molecule has 158 valence electrons. The summed E-state index contributed by atoms with van der Waals surface area (Å²) in [4.78, 5) is 48.9. The lowest BCUT2D eigenvalue weighted by Gasteiger charge is -2.18. The van der Waals surface area contributed by atoms with Crippen molar-refractivity contribution in [3.8, 4) is 0 Å². The number of fused-ring (bicyclic) bond motifs is 3. The van der Waals surface area contributed by atoms with Crippen molar-refractivity contribution in [3.63, 3.8) is 0 Å². The van der Waals surface area contributed by atoms with E-state index in [-0.39, 0.29) is 11.4 Å². The largest absolute Gasteiger partial charge is 0.384 e. The maximum atomic E-state index is 13.1. The third-order valence-corrected chi connectivity index (χ3v) is 7.93. The summed E-state index contributed by atoms with van der Waals surface area (Å²) in [5, 5.41) is 1.16. The van der Waals surface area contributed by atoms with Crippen LogP contribution in [0.3, 0.4) is 0 Å². The smallest absolute Gasteiger partial charge is 0.332 e. The zero-order valence-corrected chi connectivity index (χ0v) is 18.9. The van der Waals surface area contributed by atoms with E-state index in [0.717, 1.165) is 43.6 Å². The Morgan fingerprint density at radius 3 is 2.77 bits per heavy atom. The van der Waals surface area contributed by atoms with E-state index in [2.05, 4.69) is 16.9 Å². The predicted octanol–water partition coefficient (Wildman–Crippen LogP) is 2.16. The van der Waals surface area contributed by atoms with Gasteiger partial charge in [-0.2, -0.15) is 0 Å². The van der Waals surface area contributed by atoms with Crippen LogP contribution in [-0.4, -0.2) is 30.1 Å². The van der Waals surface area contributed by atoms with Gasteiger partial charge in [0.25, 0.3) is 5.56 Å². The molecule has 8 nitrogen and oxygen atoms in total. The topological polar surface area (TPSA) is 113 Å². The molecule has 0 unspecified atom stereocenters. The highest BCUT2D eigenvalue weighted by Crippen LogP contribution is 2.41. The van der Waals surface area contributed by atoms with Gasteiger partial charge in [0.05, 0.1) is 5.25 Å². The molecular weight excluding hydrogens is 422 g/mol. The summed E-state index contributed by atoms with van der Waals surface area (Å²) in [6.07, 6.45) is 4.66. The van der Waals surface area contributed by atoms with E-state index >= 15 is 0 Å². The molecule has 2 N–H and O–H groups in total. The molecule has 0 aliphatic heterocycles. The number of thiophene rings is 1. The molecule has 10 heteroatoms. The maximum Gasteiger partial charge on any atom is 0.332 e. The third-order valence-electron chi connectivity index (χ3n) is 5.67. The summed E-state index contributed by atoms with van der Waals surface area (Å²) in [6, 6.07) is 0. The van der Waals surface area contributed by atoms with E-state index in [1.165, 1.54) is 42.6 Å². The zero-order valence-electron chi connectivity index (χ0n) is 17.3. The molecule has 2 atom stereocenters. The van der Waals surface area contributed by atoms with Crippen molar-refractivity contribution in [2.24, 2.45) is 20.0 Å². The molecule has 0 aromatic carbocycles. The number of anilines is 1. The van der Waals surface area contributed by atoms with E-state index < -0.39 is 22.3 Å². The average molecular weight is 446 g/mol. The van der Waals surface area contributed by atoms with Crippen LogP contribution < -0.4 is 17.0 Å². The highest BCUT2D eigenvalue weighted by atomic mass is 32.2. The first-order valence-corrected chi connectivity index (χ1v) is 11.4. The highest BCUT2D eigenvalue weighted by molar-refractivity contribution is 8.00. The predicted molar refractivity (Wildman–Crippen MR) is 120 cm³/mol. The first kappa shape index (κ1) is 20.8. The van der Waals surface area contributed by atoms with Gasteiger partial charge in [-0.3, -0.25) is 18.7 Å². The Morgan fingerprint density at radius 2 is 2.03 bits per heavy atom. The SMILES string of the molecule is C[C@@H]1CCc2c(sc3ncnc(S[C@H](C)C(=O)c4c(N)n(C)c(=O)n(C)c4=O)c23)C1. The first-order valence-electron chi connectivity index (χ1n) is 9.72. The van der Waals surface area contributed by atoms with Crippen molar-refractivity contribution in [1.82, 2.24) is 19.1 Å². The van der Waals surface area contributed by atoms with Gasteiger partial charge in [-0.05, 0) is 37.7 Å². The molecule has 0 radical (unpaired) electrons. The fourth-order valence-corrected chi connectivity index (χ4v) is 6.27. The number of Topliss-reactive ketones (excluding diaryl/α,β-unsaturated/α-hetero) is 1. The van der Waals surface area contributed by atoms with Crippen molar-refractivity contribution >= 4 is 44.9 Å². The van der Waals surface area contributed by atoms with Crippen LogP contribution in [0.1, 0.15) is 41.1 Å². The Bertz CT molecular complexity index is 1290. The number of hydrogen-bond acceptors (Lipinski definition) is 8. The van der Waals surface area contributed by atoms with Crippen molar-refractivity contribution < 1.29 is 4.79 Å².